The molecule has 2 fully saturated rings. The Labute approximate surface area is 109 Å². The van der Waals surface area contributed by atoms with Gasteiger partial charge in [-0.2, -0.15) is 0 Å². The van der Waals surface area contributed by atoms with Crippen molar-refractivity contribution >= 4 is 5.91 Å². The molecule has 18 heavy (non-hydrogen) atoms. The molecule has 104 valence electrons. The topological polar surface area (TPSA) is 55.8 Å². The van der Waals surface area contributed by atoms with Crippen molar-refractivity contribution < 1.29 is 9.90 Å². The Morgan fingerprint density at radius 3 is 2.83 bits per heavy atom. The number of rotatable bonds is 2. The average molecular weight is 255 g/mol. The molecule has 2 saturated heterocycles. The number of aliphatic hydroxyl groups excluding tert-OH is 1. The summed E-state index contributed by atoms with van der Waals surface area (Å²) in [5.74, 6) is 0.175. The van der Waals surface area contributed by atoms with Crippen LogP contribution < -0.4 is 5.32 Å². The highest BCUT2D eigenvalue weighted by molar-refractivity contribution is 5.82. The highest BCUT2D eigenvalue weighted by atomic mass is 16.3. The molecule has 2 aliphatic rings. The number of likely N-dealkylation sites (N-methyl/N-ethyl adjacent to an activating group) is 1. The van der Waals surface area contributed by atoms with Gasteiger partial charge >= 0.3 is 0 Å². The van der Waals surface area contributed by atoms with Crippen LogP contribution in [-0.2, 0) is 4.79 Å². The maximum Gasteiger partial charge on any atom is 0.240 e. The summed E-state index contributed by atoms with van der Waals surface area (Å²) >= 11 is 0. The van der Waals surface area contributed by atoms with E-state index in [4.69, 9.17) is 0 Å². The Kier molecular flexibility index (Phi) is 4.59. The van der Waals surface area contributed by atoms with E-state index in [9.17, 15) is 9.90 Å². The average Bonchev–Trinajstić information content (AvgIpc) is 2.68. The lowest BCUT2D eigenvalue weighted by molar-refractivity contribution is -0.135. The number of nitrogens with zero attached hydrogens (tertiary/aromatic N) is 2. The molecule has 2 rings (SSSR count). The summed E-state index contributed by atoms with van der Waals surface area (Å²) < 4.78 is 0. The molecule has 2 aliphatic heterocycles. The van der Waals surface area contributed by atoms with Gasteiger partial charge in [-0.3, -0.25) is 4.79 Å². The van der Waals surface area contributed by atoms with E-state index in [0.29, 0.717) is 19.0 Å². The van der Waals surface area contributed by atoms with E-state index in [0.717, 1.165) is 32.5 Å². The van der Waals surface area contributed by atoms with Crippen LogP contribution in [0.15, 0.2) is 0 Å². The second kappa shape index (κ2) is 5.99. The van der Waals surface area contributed by atoms with E-state index in [-0.39, 0.29) is 18.1 Å². The minimum absolute atomic E-state index is 0.175. The molecule has 5 heteroatoms. The zero-order valence-corrected chi connectivity index (χ0v) is 11.4. The molecule has 0 aromatic carbocycles. The number of hydrogen-bond donors (Lipinski definition) is 2. The first-order valence-electron chi connectivity index (χ1n) is 7.02. The third-order valence-corrected chi connectivity index (χ3v) is 4.06. The largest absolute Gasteiger partial charge is 0.392 e. The van der Waals surface area contributed by atoms with E-state index < -0.39 is 0 Å². The standard InChI is InChI=1S/C13H25N3O2/c1-3-10-9-15(2)5-4-6-16(10)13(18)12-7-11(17)8-14-12/h10-12,14,17H,3-9H2,1-2H3. The first kappa shape index (κ1) is 13.8. The fourth-order valence-electron chi connectivity index (χ4n) is 2.99. The van der Waals surface area contributed by atoms with Crippen molar-refractivity contribution in [2.24, 2.45) is 0 Å². The Morgan fingerprint density at radius 1 is 1.44 bits per heavy atom. The van der Waals surface area contributed by atoms with Gasteiger partial charge in [-0.05, 0) is 32.9 Å². The minimum Gasteiger partial charge on any atom is -0.392 e. The highest BCUT2D eigenvalue weighted by Crippen LogP contribution is 2.17. The maximum absolute atomic E-state index is 12.5. The molecule has 0 radical (unpaired) electrons. The maximum atomic E-state index is 12.5. The lowest BCUT2D eigenvalue weighted by Crippen LogP contribution is -2.50. The van der Waals surface area contributed by atoms with E-state index in [1.165, 1.54) is 0 Å². The van der Waals surface area contributed by atoms with Gasteiger partial charge in [0.2, 0.25) is 5.91 Å². The molecule has 0 aromatic rings. The summed E-state index contributed by atoms with van der Waals surface area (Å²) in [6.07, 6.45) is 2.22. The fourth-order valence-corrected chi connectivity index (χ4v) is 2.99. The minimum atomic E-state index is -0.367. The van der Waals surface area contributed by atoms with Crippen LogP contribution in [0.5, 0.6) is 0 Å². The predicted octanol–water partition coefficient (Wildman–Crippen LogP) is -0.348. The van der Waals surface area contributed by atoms with Crippen LogP contribution >= 0.6 is 0 Å². The molecule has 5 nitrogen and oxygen atoms in total. The zero-order chi connectivity index (χ0) is 13.1. The van der Waals surface area contributed by atoms with Crippen LogP contribution in [0.3, 0.4) is 0 Å². The van der Waals surface area contributed by atoms with Crippen molar-refractivity contribution in [2.75, 3.05) is 33.2 Å². The van der Waals surface area contributed by atoms with E-state index >= 15 is 0 Å². The molecule has 2 heterocycles. The Hall–Kier alpha value is -0.650. The predicted molar refractivity (Wildman–Crippen MR) is 70.3 cm³/mol. The normalized spacial score (nSPS) is 34.6. The van der Waals surface area contributed by atoms with Gasteiger partial charge in [-0.1, -0.05) is 6.92 Å². The Morgan fingerprint density at radius 2 is 2.22 bits per heavy atom. The summed E-state index contributed by atoms with van der Waals surface area (Å²) in [5, 5.41) is 12.7. The zero-order valence-electron chi connectivity index (χ0n) is 11.4. The van der Waals surface area contributed by atoms with Crippen LogP contribution in [0.25, 0.3) is 0 Å². The van der Waals surface area contributed by atoms with Crippen LogP contribution in [-0.4, -0.2) is 72.2 Å². The third-order valence-electron chi connectivity index (χ3n) is 4.06. The molecule has 0 saturated carbocycles. The number of amides is 1. The summed E-state index contributed by atoms with van der Waals surface area (Å²) in [7, 11) is 2.12. The summed E-state index contributed by atoms with van der Waals surface area (Å²) in [4.78, 5) is 16.8. The molecule has 3 unspecified atom stereocenters. The van der Waals surface area contributed by atoms with Crippen LogP contribution in [0.1, 0.15) is 26.2 Å². The summed E-state index contributed by atoms with van der Waals surface area (Å²) in [5.41, 5.74) is 0. The van der Waals surface area contributed by atoms with Crippen LogP contribution in [0, 0.1) is 0 Å². The molecular weight excluding hydrogens is 230 g/mol. The van der Waals surface area contributed by atoms with Crippen molar-refractivity contribution in [1.82, 2.24) is 15.1 Å². The second-order valence-corrected chi connectivity index (χ2v) is 5.56. The lowest BCUT2D eigenvalue weighted by Gasteiger charge is -2.32. The van der Waals surface area contributed by atoms with Gasteiger partial charge in [0.05, 0.1) is 12.1 Å². The molecule has 0 spiro atoms. The Balaban J connectivity index is 2.02. The fraction of sp³-hybridized carbons (Fsp3) is 0.923. The monoisotopic (exact) mass is 255 g/mol. The molecule has 3 atom stereocenters. The number of hydrogen-bond acceptors (Lipinski definition) is 4. The lowest BCUT2D eigenvalue weighted by atomic mass is 10.1. The molecular formula is C13H25N3O2. The Bertz CT molecular complexity index is 298. The van der Waals surface area contributed by atoms with Gasteiger partial charge < -0.3 is 20.2 Å². The molecule has 0 bridgehead atoms. The molecule has 2 N–H and O–H groups in total. The van der Waals surface area contributed by atoms with Crippen LogP contribution in [0.2, 0.25) is 0 Å². The van der Waals surface area contributed by atoms with E-state index in [2.05, 4.69) is 24.2 Å². The van der Waals surface area contributed by atoms with Gasteiger partial charge in [-0.15, -0.1) is 0 Å². The number of aliphatic hydroxyl groups is 1. The number of nitrogens with one attached hydrogen (secondary N) is 1. The molecule has 0 aliphatic carbocycles. The van der Waals surface area contributed by atoms with Crippen molar-refractivity contribution in [3.8, 4) is 0 Å². The van der Waals surface area contributed by atoms with Crippen molar-refractivity contribution in [3.63, 3.8) is 0 Å². The summed E-state index contributed by atoms with van der Waals surface area (Å²) in [6, 6.07) is 0.127. The first-order chi connectivity index (χ1) is 8.61. The first-order valence-corrected chi connectivity index (χ1v) is 7.02. The smallest absolute Gasteiger partial charge is 0.240 e. The van der Waals surface area contributed by atoms with Crippen LogP contribution in [0.4, 0.5) is 0 Å². The number of carbonyl (C=O) groups is 1. The quantitative estimate of drug-likeness (QED) is 0.708. The SMILES string of the molecule is CCC1CN(C)CCCN1C(=O)C1CC(O)CN1. The van der Waals surface area contributed by atoms with Gasteiger partial charge in [-0.25, -0.2) is 0 Å². The molecule has 0 aromatic heterocycles. The van der Waals surface area contributed by atoms with Crippen molar-refractivity contribution in [1.29, 1.82) is 0 Å². The van der Waals surface area contributed by atoms with Gasteiger partial charge in [0, 0.05) is 25.7 Å². The highest BCUT2D eigenvalue weighted by Gasteiger charge is 2.34. The number of β-amino-alcohol motifs (C(OH)–C–C–N with tert-alkyl or cyclic N) is 1. The third kappa shape index (κ3) is 3.02. The van der Waals surface area contributed by atoms with Gasteiger partial charge in [0.15, 0.2) is 0 Å². The van der Waals surface area contributed by atoms with E-state index in [1.807, 2.05) is 4.90 Å². The van der Waals surface area contributed by atoms with Crippen molar-refractivity contribution in [2.45, 2.75) is 44.4 Å². The van der Waals surface area contributed by atoms with Crippen molar-refractivity contribution in [3.05, 3.63) is 0 Å². The summed E-state index contributed by atoms with van der Waals surface area (Å²) in [6.45, 7) is 5.54. The van der Waals surface area contributed by atoms with Gasteiger partial charge in [0.25, 0.3) is 0 Å². The van der Waals surface area contributed by atoms with E-state index in [1.54, 1.807) is 0 Å². The molecule has 1 amide bonds. The van der Waals surface area contributed by atoms with Gasteiger partial charge in [0.1, 0.15) is 0 Å². The second-order valence-electron chi connectivity index (χ2n) is 5.56. The number of carbonyl (C=O) groups excluding carboxylic acids is 1.